The van der Waals surface area contributed by atoms with E-state index in [1.165, 1.54) is 0 Å². The predicted molar refractivity (Wildman–Crippen MR) is 53.9 cm³/mol. The van der Waals surface area contributed by atoms with Crippen molar-refractivity contribution in [3.63, 3.8) is 0 Å². The number of aryl methyl sites for hydroxylation is 1. The van der Waals surface area contributed by atoms with Gasteiger partial charge in [-0.1, -0.05) is 23.7 Å². The second-order valence-corrected chi connectivity index (χ2v) is 3.69. The van der Waals surface area contributed by atoms with Gasteiger partial charge >= 0.3 is 0 Å². The summed E-state index contributed by atoms with van der Waals surface area (Å²) in [7, 11) is 0. The van der Waals surface area contributed by atoms with E-state index in [9.17, 15) is 8.78 Å². The van der Waals surface area contributed by atoms with Crippen molar-refractivity contribution in [1.29, 1.82) is 0 Å². The van der Waals surface area contributed by atoms with Gasteiger partial charge in [-0.15, -0.1) is 0 Å². The van der Waals surface area contributed by atoms with Crippen molar-refractivity contribution >= 4 is 11.6 Å². The van der Waals surface area contributed by atoms with Gasteiger partial charge in [0.25, 0.3) is 6.43 Å². The normalized spacial score (nSPS) is 13.3. The molecule has 0 heterocycles. The van der Waals surface area contributed by atoms with Crippen LogP contribution < -0.4 is 5.73 Å². The Morgan fingerprint density at radius 1 is 1.43 bits per heavy atom. The first-order chi connectivity index (χ1) is 6.50. The first-order valence-electron chi connectivity index (χ1n) is 4.29. The highest BCUT2D eigenvalue weighted by molar-refractivity contribution is 6.31. The fourth-order valence-electron chi connectivity index (χ4n) is 1.20. The molecule has 0 saturated heterocycles. The lowest BCUT2D eigenvalue weighted by Crippen LogP contribution is -2.30. The van der Waals surface area contributed by atoms with Crippen LogP contribution >= 0.6 is 11.6 Å². The number of nitrogens with two attached hydrogens (primary N) is 1. The molecule has 0 spiro atoms. The van der Waals surface area contributed by atoms with Crippen LogP contribution in [0.5, 0.6) is 0 Å². The smallest absolute Gasteiger partial charge is 0.253 e. The van der Waals surface area contributed by atoms with Crippen LogP contribution in [0.3, 0.4) is 0 Å². The van der Waals surface area contributed by atoms with Crippen molar-refractivity contribution in [3.05, 3.63) is 34.3 Å². The monoisotopic (exact) mass is 219 g/mol. The van der Waals surface area contributed by atoms with Crippen molar-refractivity contribution in [1.82, 2.24) is 0 Å². The first-order valence-corrected chi connectivity index (χ1v) is 4.67. The summed E-state index contributed by atoms with van der Waals surface area (Å²) in [6.07, 6.45) is -2.30. The Labute approximate surface area is 86.9 Å². The topological polar surface area (TPSA) is 26.0 Å². The summed E-state index contributed by atoms with van der Waals surface area (Å²) in [5.74, 6) is 0. The number of halogens is 3. The van der Waals surface area contributed by atoms with E-state index >= 15 is 0 Å². The van der Waals surface area contributed by atoms with E-state index < -0.39 is 12.5 Å². The molecular weight excluding hydrogens is 208 g/mol. The minimum atomic E-state index is -2.48. The van der Waals surface area contributed by atoms with Crippen LogP contribution in [-0.2, 0) is 6.42 Å². The second kappa shape index (κ2) is 4.71. The maximum atomic E-state index is 12.1. The Kier molecular flexibility index (Phi) is 3.84. The molecule has 0 aliphatic rings. The Morgan fingerprint density at radius 2 is 2.07 bits per heavy atom. The summed E-state index contributed by atoms with van der Waals surface area (Å²) in [4.78, 5) is 0. The Hall–Kier alpha value is -0.670. The van der Waals surface area contributed by atoms with Gasteiger partial charge in [0, 0.05) is 5.02 Å². The van der Waals surface area contributed by atoms with E-state index in [1.807, 2.05) is 6.92 Å². The van der Waals surface area contributed by atoms with Gasteiger partial charge < -0.3 is 5.73 Å². The first kappa shape index (κ1) is 11.4. The quantitative estimate of drug-likeness (QED) is 0.831. The van der Waals surface area contributed by atoms with Crippen LogP contribution in [0.25, 0.3) is 0 Å². The van der Waals surface area contributed by atoms with Crippen molar-refractivity contribution in [2.45, 2.75) is 25.8 Å². The minimum Gasteiger partial charge on any atom is -0.323 e. The van der Waals surface area contributed by atoms with Gasteiger partial charge in [-0.2, -0.15) is 0 Å². The molecule has 0 bridgehead atoms. The molecule has 1 rings (SSSR count). The molecule has 1 unspecified atom stereocenters. The van der Waals surface area contributed by atoms with Crippen LogP contribution in [-0.4, -0.2) is 12.5 Å². The molecule has 0 radical (unpaired) electrons. The third kappa shape index (κ3) is 2.93. The summed E-state index contributed by atoms with van der Waals surface area (Å²) in [5, 5.41) is 0.638. The zero-order chi connectivity index (χ0) is 10.7. The van der Waals surface area contributed by atoms with Gasteiger partial charge in [0.2, 0.25) is 0 Å². The molecule has 0 amide bonds. The van der Waals surface area contributed by atoms with Crippen molar-refractivity contribution < 1.29 is 8.78 Å². The van der Waals surface area contributed by atoms with Crippen LogP contribution in [0.4, 0.5) is 8.78 Å². The molecule has 0 fully saturated rings. The predicted octanol–water partition coefficient (Wildman–Crippen LogP) is 2.78. The van der Waals surface area contributed by atoms with E-state index in [4.69, 9.17) is 17.3 Å². The molecule has 1 aromatic rings. The van der Waals surface area contributed by atoms with Gasteiger partial charge in [0.1, 0.15) is 0 Å². The minimum absolute atomic E-state index is 0.176. The Morgan fingerprint density at radius 3 is 2.57 bits per heavy atom. The molecule has 0 aliphatic carbocycles. The largest absolute Gasteiger partial charge is 0.323 e. The lowest BCUT2D eigenvalue weighted by Gasteiger charge is -2.10. The third-order valence-corrected chi connectivity index (χ3v) is 2.44. The van der Waals surface area contributed by atoms with Gasteiger partial charge in [-0.25, -0.2) is 8.78 Å². The third-order valence-electron chi connectivity index (χ3n) is 2.02. The fourth-order valence-corrected chi connectivity index (χ4v) is 1.31. The molecule has 0 saturated carbocycles. The molecule has 14 heavy (non-hydrogen) atoms. The fraction of sp³-hybridized carbons (Fsp3) is 0.400. The van der Waals surface area contributed by atoms with Crippen LogP contribution in [0.2, 0.25) is 5.02 Å². The van der Waals surface area contributed by atoms with Crippen LogP contribution in [0, 0.1) is 6.92 Å². The van der Waals surface area contributed by atoms with E-state index in [0.29, 0.717) is 5.02 Å². The molecule has 4 heteroatoms. The van der Waals surface area contributed by atoms with Crippen LogP contribution in [0.1, 0.15) is 11.1 Å². The maximum Gasteiger partial charge on any atom is 0.253 e. The lowest BCUT2D eigenvalue weighted by atomic mass is 10.0. The SMILES string of the molecule is Cc1cc(CC(N)C(F)F)ccc1Cl. The zero-order valence-corrected chi connectivity index (χ0v) is 8.56. The average Bonchev–Trinajstić information content (AvgIpc) is 2.11. The molecule has 1 nitrogen and oxygen atoms in total. The summed E-state index contributed by atoms with van der Waals surface area (Å²) in [5.41, 5.74) is 6.93. The van der Waals surface area contributed by atoms with Crippen LogP contribution in [0.15, 0.2) is 18.2 Å². The Balaban J connectivity index is 2.73. The maximum absolute atomic E-state index is 12.1. The number of rotatable bonds is 3. The number of hydrogen-bond acceptors (Lipinski definition) is 1. The molecular formula is C10H12ClF2N. The molecule has 78 valence electrons. The summed E-state index contributed by atoms with van der Waals surface area (Å²) >= 11 is 5.80. The van der Waals surface area contributed by atoms with E-state index in [1.54, 1.807) is 18.2 Å². The highest BCUT2D eigenvalue weighted by Gasteiger charge is 2.15. The summed E-state index contributed by atoms with van der Waals surface area (Å²) < 4.78 is 24.3. The van der Waals surface area contributed by atoms with Gasteiger partial charge in [0.05, 0.1) is 6.04 Å². The van der Waals surface area contributed by atoms with Gasteiger partial charge in [-0.3, -0.25) is 0 Å². The number of hydrogen-bond donors (Lipinski definition) is 1. The van der Waals surface area contributed by atoms with Gasteiger partial charge in [0.15, 0.2) is 0 Å². The van der Waals surface area contributed by atoms with Crippen molar-refractivity contribution in [2.75, 3.05) is 0 Å². The summed E-state index contributed by atoms with van der Waals surface area (Å²) in [6, 6.07) is 4.10. The molecule has 2 N–H and O–H groups in total. The zero-order valence-electron chi connectivity index (χ0n) is 7.81. The average molecular weight is 220 g/mol. The number of benzene rings is 1. The highest BCUT2D eigenvalue weighted by atomic mass is 35.5. The number of alkyl halides is 2. The second-order valence-electron chi connectivity index (χ2n) is 3.29. The van der Waals surface area contributed by atoms with E-state index in [-0.39, 0.29) is 6.42 Å². The van der Waals surface area contributed by atoms with Crippen molar-refractivity contribution in [2.24, 2.45) is 5.73 Å². The molecule has 1 atom stereocenters. The lowest BCUT2D eigenvalue weighted by molar-refractivity contribution is 0.116. The Bertz CT molecular complexity index is 315. The molecule has 1 aromatic carbocycles. The van der Waals surface area contributed by atoms with Crippen molar-refractivity contribution in [3.8, 4) is 0 Å². The van der Waals surface area contributed by atoms with Gasteiger partial charge in [-0.05, 0) is 30.5 Å². The standard InChI is InChI=1S/C10H12ClF2N/c1-6-4-7(2-3-8(6)11)5-9(14)10(12)13/h2-4,9-10H,5,14H2,1H3. The summed E-state index contributed by atoms with van der Waals surface area (Å²) in [6.45, 7) is 1.83. The van der Waals surface area contributed by atoms with E-state index in [2.05, 4.69) is 0 Å². The highest BCUT2D eigenvalue weighted by Crippen LogP contribution is 2.17. The molecule has 0 aromatic heterocycles. The van der Waals surface area contributed by atoms with E-state index in [0.717, 1.165) is 11.1 Å². The molecule has 0 aliphatic heterocycles.